The maximum Gasteiger partial charge on any atom is 0.416 e. The van der Waals surface area contributed by atoms with E-state index in [1.54, 1.807) is 0 Å². The SMILES string of the molecule is NOCCc1c(O)cccc1C(F)(F)F. The molecule has 0 fully saturated rings. The molecule has 0 aliphatic rings. The van der Waals surface area contributed by atoms with E-state index in [1.165, 1.54) is 6.07 Å². The van der Waals surface area contributed by atoms with Gasteiger partial charge in [0.25, 0.3) is 0 Å². The topological polar surface area (TPSA) is 55.5 Å². The Morgan fingerprint density at radius 1 is 1.33 bits per heavy atom. The molecule has 1 aromatic rings. The lowest BCUT2D eigenvalue weighted by molar-refractivity contribution is -0.138. The number of hydrogen-bond donors (Lipinski definition) is 2. The first-order chi connectivity index (χ1) is 6.96. The molecule has 3 nitrogen and oxygen atoms in total. The number of nitrogens with two attached hydrogens (primary N) is 1. The molecule has 0 aliphatic heterocycles. The van der Waals surface area contributed by atoms with E-state index in [4.69, 9.17) is 5.90 Å². The van der Waals surface area contributed by atoms with E-state index in [9.17, 15) is 18.3 Å². The number of alkyl halides is 3. The lowest BCUT2D eigenvalue weighted by Crippen LogP contribution is -2.12. The fourth-order valence-electron chi connectivity index (χ4n) is 1.26. The van der Waals surface area contributed by atoms with E-state index in [0.29, 0.717) is 0 Å². The monoisotopic (exact) mass is 221 g/mol. The first kappa shape index (κ1) is 11.8. The Balaban J connectivity index is 3.09. The molecule has 0 aromatic heterocycles. The highest BCUT2D eigenvalue weighted by atomic mass is 19.4. The minimum absolute atomic E-state index is 0.0827. The van der Waals surface area contributed by atoms with Gasteiger partial charge in [-0.05, 0) is 12.1 Å². The van der Waals surface area contributed by atoms with Crippen molar-refractivity contribution < 1.29 is 23.1 Å². The molecule has 3 N–H and O–H groups in total. The van der Waals surface area contributed by atoms with E-state index in [1.807, 2.05) is 0 Å². The minimum atomic E-state index is -4.48. The van der Waals surface area contributed by atoms with Gasteiger partial charge < -0.3 is 9.94 Å². The summed E-state index contributed by atoms with van der Waals surface area (Å²) in [5.74, 6) is 4.32. The summed E-state index contributed by atoms with van der Waals surface area (Å²) in [6.07, 6.45) is -4.57. The van der Waals surface area contributed by atoms with Gasteiger partial charge in [-0.25, -0.2) is 5.90 Å². The van der Waals surface area contributed by atoms with Crippen LogP contribution in [-0.2, 0) is 17.4 Å². The van der Waals surface area contributed by atoms with Gasteiger partial charge in [-0.3, -0.25) is 0 Å². The Hall–Kier alpha value is -1.27. The smallest absolute Gasteiger partial charge is 0.416 e. The summed E-state index contributed by atoms with van der Waals surface area (Å²) in [6.45, 7) is -0.0827. The van der Waals surface area contributed by atoms with Crippen molar-refractivity contribution in [3.8, 4) is 5.75 Å². The minimum Gasteiger partial charge on any atom is -0.508 e. The van der Waals surface area contributed by atoms with E-state index in [-0.39, 0.29) is 18.6 Å². The van der Waals surface area contributed by atoms with Crippen molar-refractivity contribution in [1.82, 2.24) is 0 Å². The van der Waals surface area contributed by atoms with Gasteiger partial charge >= 0.3 is 6.18 Å². The molecule has 0 radical (unpaired) electrons. The molecule has 0 bridgehead atoms. The number of phenolic OH excluding ortho intramolecular Hbond substituents is 1. The molecule has 0 saturated carbocycles. The highest BCUT2D eigenvalue weighted by Crippen LogP contribution is 2.35. The average Bonchev–Trinajstić information content (AvgIpc) is 2.14. The van der Waals surface area contributed by atoms with Crippen LogP contribution in [0.25, 0.3) is 0 Å². The van der Waals surface area contributed by atoms with Gasteiger partial charge in [-0.15, -0.1) is 0 Å². The zero-order valence-electron chi connectivity index (χ0n) is 7.71. The molecule has 0 heterocycles. The van der Waals surface area contributed by atoms with Crippen LogP contribution in [0.5, 0.6) is 5.75 Å². The summed E-state index contributed by atoms with van der Waals surface area (Å²) in [5, 5.41) is 9.28. The normalized spacial score (nSPS) is 11.7. The highest BCUT2D eigenvalue weighted by Gasteiger charge is 2.33. The molecule has 0 spiro atoms. The highest BCUT2D eigenvalue weighted by molar-refractivity contribution is 5.41. The lowest BCUT2D eigenvalue weighted by Gasteiger charge is -2.13. The van der Waals surface area contributed by atoms with Crippen molar-refractivity contribution in [2.75, 3.05) is 6.61 Å². The number of rotatable bonds is 3. The summed E-state index contributed by atoms with van der Waals surface area (Å²) in [4.78, 5) is 4.19. The van der Waals surface area contributed by atoms with E-state index in [0.717, 1.165) is 12.1 Å². The van der Waals surface area contributed by atoms with Crippen LogP contribution in [0.3, 0.4) is 0 Å². The summed E-state index contributed by atoms with van der Waals surface area (Å²) >= 11 is 0. The van der Waals surface area contributed by atoms with Crippen molar-refractivity contribution in [3.05, 3.63) is 29.3 Å². The predicted molar refractivity (Wildman–Crippen MR) is 47.0 cm³/mol. The number of halogens is 3. The lowest BCUT2D eigenvalue weighted by atomic mass is 10.0. The van der Waals surface area contributed by atoms with Gasteiger partial charge in [0.05, 0.1) is 12.2 Å². The second kappa shape index (κ2) is 4.50. The van der Waals surface area contributed by atoms with Gasteiger partial charge in [0, 0.05) is 12.0 Å². The molecule has 0 saturated heterocycles. The molecule has 0 unspecified atom stereocenters. The van der Waals surface area contributed by atoms with Crippen LogP contribution in [0.15, 0.2) is 18.2 Å². The van der Waals surface area contributed by atoms with Gasteiger partial charge in [0.2, 0.25) is 0 Å². The number of aromatic hydroxyl groups is 1. The van der Waals surface area contributed by atoms with Gasteiger partial charge in [0.1, 0.15) is 5.75 Å². The standard InChI is InChI=1S/C9H10F3NO2/c10-9(11,12)7-2-1-3-8(14)6(7)4-5-15-13/h1-3,14H,4-5,13H2. The summed E-state index contributed by atoms with van der Waals surface area (Å²) < 4.78 is 37.4. The quantitative estimate of drug-likeness (QED) is 0.766. The number of benzene rings is 1. The van der Waals surface area contributed by atoms with E-state index >= 15 is 0 Å². The van der Waals surface area contributed by atoms with Crippen LogP contribution < -0.4 is 5.90 Å². The third-order valence-corrected chi connectivity index (χ3v) is 1.93. The van der Waals surface area contributed by atoms with Crippen molar-refractivity contribution in [2.24, 2.45) is 5.90 Å². The van der Waals surface area contributed by atoms with Crippen molar-refractivity contribution >= 4 is 0 Å². The summed E-state index contributed by atoms with van der Waals surface area (Å²) in [5.41, 5.74) is -1.06. The first-order valence-corrected chi connectivity index (χ1v) is 4.16. The zero-order valence-corrected chi connectivity index (χ0v) is 7.71. The molecule has 1 aromatic carbocycles. The number of phenols is 1. The Kier molecular flexibility index (Phi) is 3.54. The van der Waals surface area contributed by atoms with Crippen LogP contribution in [-0.4, -0.2) is 11.7 Å². The summed E-state index contributed by atoms with van der Waals surface area (Å²) in [7, 11) is 0. The molecule has 0 atom stereocenters. The van der Waals surface area contributed by atoms with Crippen LogP contribution in [0.2, 0.25) is 0 Å². The largest absolute Gasteiger partial charge is 0.508 e. The molecule has 0 amide bonds. The molecular weight excluding hydrogens is 211 g/mol. The van der Waals surface area contributed by atoms with Crippen molar-refractivity contribution in [1.29, 1.82) is 0 Å². The second-order valence-electron chi connectivity index (χ2n) is 2.92. The van der Waals surface area contributed by atoms with Crippen molar-refractivity contribution in [2.45, 2.75) is 12.6 Å². The van der Waals surface area contributed by atoms with E-state index < -0.39 is 17.5 Å². The third kappa shape index (κ3) is 2.84. The van der Waals surface area contributed by atoms with Crippen LogP contribution >= 0.6 is 0 Å². The first-order valence-electron chi connectivity index (χ1n) is 4.16. The predicted octanol–water partition coefficient (Wildman–Crippen LogP) is 1.84. The maximum atomic E-state index is 12.5. The van der Waals surface area contributed by atoms with Crippen molar-refractivity contribution in [3.63, 3.8) is 0 Å². The number of hydrogen-bond acceptors (Lipinski definition) is 3. The molecule has 0 aliphatic carbocycles. The molecule has 84 valence electrons. The third-order valence-electron chi connectivity index (χ3n) is 1.93. The van der Waals surface area contributed by atoms with E-state index in [2.05, 4.69) is 4.84 Å². The van der Waals surface area contributed by atoms with Crippen LogP contribution in [0.4, 0.5) is 13.2 Å². The molecule has 6 heteroatoms. The fraction of sp³-hybridized carbons (Fsp3) is 0.333. The van der Waals surface area contributed by atoms with Crippen LogP contribution in [0.1, 0.15) is 11.1 Å². The Morgan fingerprint density at radius 3 is 2.53 bits per heavy atom. The second-order valence-corrected chi connectivity index (χ2v) is 2.92. The average molecular weight is 221 g/mol. The maximum absolute atomic E-state index is 12.5. The Bertz CT molecular complexity index is 339. The fourth-order valence-corrected chi connectivity index (χ4v) is 1.26. The molecular formula is C9H10F3NO2. The van der Waals surface area contributed by atoms with Crippen LogP contribution in [0, 0.1) is 0 Å². The van der Waals surface area contributed by atoms with Gasteiger partial charge in [-0.2, -0.15) is 13.2 Å². The Labute approximate surface area is 84.2 Å². The Morgan fingerprint density at radius 2 is 2.00 bits per heavy atom. The summed E-state index contributed by atoms with van der Waals surface area (Å²) in [6, 6.07) is 3.25. The zero-order chi connectivity index (χ0) is 11.5. The molecule has 1 rings (SSSR count). The molecule has 15 heavy (non-hydrogen) atoms. The van der Waals surface area contributed by atoms with Gasteiger partial charge in [0.15, 0.2) is 0 Å². The van der Waals surface area contributed by atoms with Gasteiger partial charge in [-0.1, -0.05) is 6.07 Å².